The standard InChI is InChI=1S/C26H30N2O5S/c1-4-6-13-33-21-15-17(11-12-20(21)31-3)14-18(16-27)24(29)28-25-23(26(30)32-5-2)19-9-7-8-10-22(19)34-25/h11-12,14-15H,4-10,13H2,1-3H3,(H,28,29)/b18-14+. The van der Waals surface area contributed by atoms with E-state index in [-0.39, 0.29) is 12.2 Å². The van der Waals surface area contributed by atoms with Gasteiger partial charge in [-0.2, -0.15) is 5.26 Å². The molecule has 3 rings (SSSR count). The lowest BCUT2D eigenvalue weighted by molar-refractivity contribution is -0.112. The monoisotopic (exact) mass is 482 g/mol. The van der Waals surface area contributed by atoms with Crippen molar-refractivity contribution >= 4 is 34.3 Å². The van der Waals surface area contributed by atoms with Crippen molar-refractivity contribution in [3.8, 4) is 17.6 Å². The van der Waals surface area contributed by atoms with Crippen molar-refractivity contribution in [2.24, 2.45) is 0 Å². The minimum Gasteiger partial charge on any atom is -0.493 e. The van der Waals surface area contributed by atoms with Gasteiger partial charge >= 0.3 is 5.97 Å². The van der Waals surface area contributed by atoms with E-state index in [0.29, 0.717) is 34.2 Å². The SMILES string of the molecule is CCCCOc1cc(/C=C(\C#N)C(=O)Nc2sc3c(c2C(=O)OCC)CCCC3)ccc1OC. The molecule has 1 aliphatic rings. The first-order chi connectivity index (χ1) is 16.5. The van der Waals surface area contributed by atoms with E-state index in [1.54, 1.807) is 32.2 Å². The number of esters is 1. The Morgan fingerprint density at radius 2 is 2.00 bits per heavy atom. The van der Waals surface area contributed by atoms with E-state index >= 15 is 0 Å². The highest BCUT2D eigenvalue weighted by molar-refractivity contribution is 7.17. The van der Waals surface area contributed by atoms with Gasteiger partial charge in [-0.15, -0.1) is 11.3 Å². The van der Waals surface area contributed by atoms with E-state index in [1.165, 1.54) is 17.4 Å². The molecular formula is C26H30N2O5S. The number of thiophene rings is 1. The molecule has 0 saturated carbocycles. The maximum Gasteiger partial charge on any atom is 0.341 e. The van der Waals surface area contributed by atoms with Gasteiger partial charge in [0, 0.05) is 4.88 Å². The average molecular weight is 483 g/mol. The number of carbonyl (C=O) groups excluding carboxylic acids is 2. The number of anilines is 1. The molecule has 2 aromatic rings. The Balaban J connectivity index is 1.87. The van der Waals surface area contributed by atoms with Gasteiger partial charge in [0.15, 0.2) is 11.5 Å². The minimum atomic E-state index is -0.573. The van der Waals surface area contributed by atoms with Gasteiger partial charge in [0.1, 0.15) is 16.6 Å². The Hall–Kier alpha value is -3.31. The van der Waals surface area contributed by atoms with E-state index in [9.17, 15) is 14.9 Å². The predicted octanol–water partition coefficient (Wildman–Crippen LogP) is 5.54. The molecule has 0 bridgehead atoms. The van der Waals surface area contributed by atoms with Crippen LogP contribution in [0.25, 0.3) is 6.08 Å². The van der Waals surface area contributed by atoms with E-state index < -0.39 is 11.9 Å². The number of nitriles is 1. The lowest BCUT2D eigenvalue weighted by Crippen LogP contribution is -2.16. The number of hydrogen-bond donors (Lipinski definition) is 1. The van der Waals surface area contributed by atoms with Crippen LogP contribution in [0.15, 0.2) is 23.8 Å². The van der Waals surface area contributed by atoms with E-state index in [2.05, 4.69) is 12.2 Å². The van der Waals surface area contributed by atoms with Crippen LogP contribution in [-0.4, -0.2) is 32.2 Å². The molecule has 0 saturated heterocycles. The first kappa shape index (κ1) is 25.3. The zero-order chi connectivity index (χ0) is 24.5. The molecule has 1 heterocycles. The van der Waals surface area contributed by atoms with Crippen LogP contribution < -0.4 is 14.8 Å². The van der Waals surface area contributed by atoms with Crippen LogP contribution in [0, 0.1) is 11.3 Å². The molecule has 180 valence electrons. The molecule has 34 heavy (non-hydrogen) atoms. The summed E-state index contributed by atoms with van der Waals surface area (Å²) in [4.78, 5) is 26.7. The van der Waals surface area contributed by atoms with Crippen molar-refractivity contribution in [2.45, 2.75) is 52.4 Å². The number of amides is 1. The third kappa shape index (κ3) is 5.97. The molecule has 8 heteroatoms. The van der Waals surface area contributed by atoms with Crippen LogP contribution in [0.5, 0.6) is 11.5 Å². The minimum absolute atomic E-state index is 0.0779. The van der Waals surface area contributed by atoms with Gasteiger partial charge in [-0.05, 0) is 68.4 Å². The summed E-state index contributed by atoms with van der Waals surface area (Å²) in [6.07, 6.45) is 7.10. The number of ether oxygens (including phenoxy) is 3. The van der Waals surface area contributed by atoms with Gasteiger partial charge in [0.2, 0.25) is 0 Å². The fraction of sp³-hybridized carbons (Fsp3) is 0.423. The summed E-state index contributed by atoms with van der Waals surface area (Å²) in [5.41, 5.74) is 1.93. The van der Waals surface area contributed by atoms with Gasteiger partial charge in [0.05, 0.1) is 25.9 Å². The molecule has 0 fully saturated rings. The molecule has 1 aliphatic carbocycles. The van der Waals surface area contributed by atoms with Gasteiger partial charge in [-0.3, -0.25) is 4.79 Å². The van der Waals surface area contributed by atoms with Crippen LogP contribution in [-0.2, 0) is 22.4 Å². The van der Waals surface area contributed by atoms with Gasteiger partial charge < -0.3 is 19.5 Å². The Kier molecular flexibility index (Phi) is 9.11. The number of carbonyl (C=O) groups is 2. The summed E-state index contributed by atoms with van der Waals surface area (Å²) in [6, 6.07) is 7.21. The quantitative estimate of drug-likeness (QED) is 0.207. The van der Waals surface area contributed by atoms with Crippen molar-refractivity contribution in [1.29, 1.82) is 5.26 Å². The lowest BCUT2D eigenvalue weighted by Gasteiger charge is -2.12. The molecule has 1 aromatic heterocycles. The molecular weight excluding hydrogens is 452 g/mol. The number of benzene rings is 1. The summed E-state index contributed by atoms with van der Waals surface area (Å²) in [5.74, 6) is 0.122. The third-order valence-electron chi connectivity index (χ3n) is 5.50. The van der Waals surface area contributed by atoms with E-state index in [4.69, 9.17) is 14.2 Å². The van der Waals surface area contributed by atoms with Crippen LogP contribution in [0.4, 0.5) is 5.00 Å². The van der Waals surface area contributed by atoms with Crippen LogP contribution >= 0.6 is 11.3 Å². The highest BCUT2D eigenvalue weighted by Crippen LogP contribution is 2.39. The van der Waals surface area contributed by atoms with Crippen LogP contribution in [0.1, 0.15) is 65.9 Å². The Morgan fingerprint density at radius 1 is 1.21 bits per heavy atom. The number of nitrogens with one attached hydrogen (secondary N) is 1. The second-order valence-corrected chi connectivity index (χ2v) is 8.98. The molecule has 0 radical (unpaired) electrons. The van der Waals surface area contributed by atoms with Crippen molar-refractivity contribution in [3.63, 3.8) is 0 Å². The molecule has 7 nitrogen and oxygen atoms in total. The second-order valence-electron chi connectivity index (χ2n) is 7.87. The number of unbranched alkanes of at least 4 members (excludes halogenated alkanes) is 1. The highest BCUT2D eigenvalue weighted by atomic mass is 32.1. The average Bonchev–Trinajstić information content (AvgIpc) is 3.20. The summed E-state index contributed by atoms with van der Waals surface area (Å²) in [7, 11) is 1.56. The normalized spacial score (nSPS) is 12.9. The molecule has 0 atom stereocenters. The number of methoxy groups -OCH3 is 1. The third-order valence-corrected chi connectivity index (χ3v) is 6.70. The summed E-state index contributed by atoms with van der Waals surface area (Å²) in [5, 5.41) is 12.9. The largest absolute Gasteiger partial charge is 0.493 e. The second kappa shape index (κ2) is 12.2. The molecule has 0 spiro atoms. The summed E-state index contributed by atoms with van der Waals surface area (Å²) < 4.78 is 16.4. The van der Waals surface area contributed by atoms with Gasteiger partial charge in [-0.25, -0.2) is 4.79 Å². The molecule has 1 N–H and O–H groups in total. The van der Waals surface area contributed by atoms with Crippen molar-refractivity contribution in [3.05, 3.63) is 45.3 Å². The summed E-state index contributed by atoms with van der Waals surface area (Å²) >= 11 is 1.39. The maximum atomic E-state index is 13.0. The molecule has 0 aliphatic heterocycles. The molecule has 1 amide bonds. The first-order valence-electron chi connectivity index (χ1n) is 11.6. The lowest BCUT2D eigenvalue weighted by atomic mass is 9.95. The zero-order valence-corrected chi connectivity index (χ0v) is 20.7. The highest BCUT2D eigenvalue weighted by Gasteiger charge is 2.27. The fourth-order valence-electron chi connectivity index (χ4n) is 3.78. The van der Waals surface area contributed by atoms with Crippen LogP contribution in [0.3, 0.4) is 0 Å². The van der Waals surface area contributed by atoms with Crippen molar-refractivity contribution in [1.82, 2.24) is 0 Å². The number of rotatable bonds is 10. The predicted molar refractivity (Wildman–Crippen MR) is 133 cm³/mol. The number of nitrogens with zero attached hydrogens (tertiary/aromatic N) is 1. The Bertz CT molecular complexity index is 1110. The zero-order valence-electron chi connectivity index (χ0n) is 19.9. The molecule has 1 aromatic carbocycles. The van der Waals surface area contributed by atoms with E-state index in [0.717, 1.165) is 49.0 Å². The van der Waals surface area contributed by atoms with Gasteiger partial charge in [0.25, 0.3) is 5.91 Å². The number of aryl methyl sites for hydroxylation is 1. The number of fused-ring (bicyclic) bond motifs is 1. The smallest absolute Gasteiger partial charge is 0.341 e. The van der Waals surface area contributed by atoms with Crippen molar-refractivity contribution in [2.75, 3.05) is 25.6 Å². The van der Waals surface area contributed by atoms with E-state index in [1.807, 2.05) is 6.07 Å². The Labute approximate surface area is 204 Å². The Morgan fingerprint density at radius 3 is 2.71 bits per heavy atom. The summed E-state index contributed by atoms with van der Waals surface area (Å²) in [6.45, 7) is 4.63. The number of hydrogen-bond acceptors (Lipinski definition) is 7. The van der Waals surface area contributed by atoms with Crippen LogP contribution in [0.2, 0.25) is 0 Å². The fourth-order valence-corrected chi connectivity index (χ4v) is 5.05. The topological polar surface area (TPSA) is 97.7 Å². The molecule has 0 unspecified atom stereocenters. The van der Waals surface area contributed by atoms with Gasteiger partial charge in [-0.1, -0.05) is 19.4 Å². The first-order valence-corrected chi connectivity index (χ1v) is 12.4. The maximum absolute atomic E-state index is 13.0. The van der Waals surface area contributed by atoms with Crippen molar-refractivity contribution < 1.29 is 23.8 Å².